The highest BCUT2D eigenvalue weighted by Crippen LogP contribution is 2.40. The minimum atomic E-state index is -0.246. The summed E-state index contributed by atoms with van der Waals surface area (Å²) in [5.41, 5.74) is 1.73. The Labute approximate surface area is 164 Å². The Morgan fingerprint density at radius 3 is 2.41 bits per heavy atom. The number of methoxy groups -OCH3 is 2. The molecule has 2 amide bonds. The number of benzene rings is 1. The van der Waals surface area contributed by atoms with Crippen LogP contribution in [0.1, 0.15) is 38.7 Å². The molecule has 0 unspecified atom stereocenters. The van der Waals surface area contributed by atoms with Crippen LogP contribution in [-0.4, -0.2) is 49.4 Å². The van der Waals surface area contributed by atoms with E-state index in [1.54, 1.807) is 20.3 Å². The number of hydrogen-bond acceptors (Lipinski definition) is 6. The lowest BCUT2D eigenvalue weighted by molar-refractivity contribution is -0.124. The number of thioether (sulfide) groups is 1. The number of hydrogen-bond donors (Lipinski definition) is 0. The molecule has 2 aliphatic rings. The summed E-state index contributed by atoms with van der Waals surface area (Å²) in [6.07, 6.45) is 4.78. The second kappa shape index (κ2) is 8.25. The predicted molar refractivity (Wildman–Crippen MR) is 109 cm³/mol. The van der Waals surface area contributed by atoms with Crippen molar-refractivity contribution >= 4 is 34.7 Å². The van der Waals surface area contributed by atoms with Crippen LogP contribution in [0.15, 0.2) is 17.0 Å². The maximum Gasteiger partial charge on any atom is 0.293 e. The SMILES string of the molecule is CC[C@H](C)N1C(=O)S/C(=C/c2cc(OC)c(N3CCCC3)cc2OC)C1=O. The van der Waals surface area contributed by atoms with Gasteiger partial charge in [-0.2, -0.15) is 0 Å². The molecule has 2 saturated heterocycles. The summed E-state index contributed by atoms with van der Waals surface area (Å²) in [6.45, 7) is 5.83. The Balaban J connectivity index is 1.98. The maximum atomic E-state index is 12.7. The van der Waals surface area contributed by atoms with Crippen molar-refractivity contribution in [2.24, 2.45) is 0 Å². The third-order valence-electron chi connectivity index (χ3n) is 5.12. The molecule has 6 nitrogen and oxygen atoms in total. The van der Waals surface area contributed by atoms with Crippen molar-refractivity contribution in [1.29, 1.82) is 0 Å². The van der Waals surface area contributed by atoms with Gasteiger partial charge in [-0.15, -0.1) is 0 Å². The number of ether oxygens (including phenoxy) is 2. The lowest BCUT2D eigenvalue weighted by atomic mass is 10.1. The first-order valence-corrected chi connectivity index (χ1v) is 10.1. The number of amides is 2. The molecule has 2 fully saturated rings. The topological polar surface area (TPSA) is 59.1 Å². The van der Waals surface area contributed by atoms with Gasteiger partial charge < -0.3 is 14.4 Å². The van der Waals surface area contributed by atoms with Gasteiger partial charge in [0.2, 0.25) is 0 Å². The molecule has 0 aromatic heterocycles. The quantitative estimate of drug-likeness (QED) is 0.681. The number of rotatable bonds is 6. The third kappa shape index (κ3) is 3.78. The van der Waals surface area contributed by atoms with E-state index in [4.69, 9.17) is 9.47 Å². The Kier molecular flexibility index (Phi) is 5.99. The summed E-state index contributed by atoms with van der Waals surface area (Å²) < 4.78 is 11.2. The molecule has 0 N–H and O–H groups in total. The van der Waals surface area contributed by atoms with Crippen molar-refractivity contribution in [2.45, 2.75) is 39.2 Å². The largest absolute Gasteiger partial charge is 0.496 e. The predicted octanol–water partition coefficient (Wildman–Crippen LogP) is 4.14. The molecule has 1 atom stereocenters. The van der Waals surface area contributed by atoms with Gasteiger partial charge in [-0.3, -0.25) is 14.5 Å². The summed E-state index contributed by atoms with van der Waals surface area (Å²) in [7, 11) is 3.25. The number of carbonyl (C=O) groups is 2. The first-order valence-electron chi connectivity index (χ1n) is 9.28. The van der Waals surface area contributed by atoms with E-state index in [0.29, 0.717) is 10.7 Å². The molecule has 7 heteroatoms. The molecule has 0 bridgehead atoms. The average molecular weight is 391 g/mol. The average Bonchev–Trinajstić information content (AvgIpc) is 3.29. The third-order valence-corrected chi connectivity index (χ3v) is 6.00. The van der Waals surface area contributed by atoms with Crippen molar-refractivity contribution in [3.63, 3.8) is 0 Å². The standard InChI is InChI=1S/C20H26N2O4S/c1-5-13(2)22-19(23)18(27-20(22)24)11-14-10-17(26-4)15(12-16(14)25-3)21-8-6-7-9-21/h10-13H,5-9H2,1-4H3/b18-11+/t13-/m0/s1. The van der Waals surface area contributed by atoms with Crippen LogP contribution in [0.4, 0.5) is 10.5 Å². The van der Waals surface area contributed by atoms with Crippen LogP contribution < -0.4 is 14.4 Å². The van der Waals surface area contributed by atoms with Gasteiger partial charge in [0.25, 0.3) is 11.1 Å². The van der Waals surface area contributed by atoms with Gasteiger partial charge in [0.05, 0.1) is 24.8 Å². The summed E-state index contributed by atoms with van der Waals surface area (Å²) in [5, 5.41) is -0.222. The zero-order chi connectivity index (χ0) is 19.6. The normalized spacial score (nSPS) is 19.9. The first-order chi connectivity index (χ1) is 13.0. The van der Waals surface area contributed by atoms with Crippen molar-refractivity contribution in [3.05, 3.63) is 22.6 Å². The van der Waals surface area contributed by atoms with Gasteiger partial charge in [0.15, 0.2) is 0 Å². The molecule has 2 aliphatic heterocycles. The van der Waals surface area contributed by atoms with Crippen molar-refractivity contribution < 1.29 is 19.1 Å². The van der Waals surface area contributed by atoms with Crippen LogP contribution in [-0.2, 0) is 4.79 Å². The van der Waals surface area contributed by atoms with Gasteiger partial charge in [-0.05, 0) is 50.1 Å². The van der Waals surface area contributed by atoms with Crippen LogP contribution >= 0.6 is 11.8 Å². The fourth-order valence-corrected chi connectivity index (χ4v) is 4.33. The van der Waals surface area contributed by atoms with E-state index in [1.807, 2.05) is 26.0 Å². The Morgan fingerprint density at radius 1 is 1.15 bits per heavy atom. The summed E-state index contributed by atoms with van der Waals surface area (Å²) in [4.78, 5) is 29.0. The zero-order valence-corrected chi connectivity index (χ0v) is 17.1. The molecule has 2 heterocycles. The fourth-order valence-electron chi connectivity index (χ4n) is 3.41. The Hall–Kier alpha value is -2.15. The molecular formula is C20H26N2O4S. The van der Waals surface area contributed by atoms with E-state index >= 15 is 0 Å². The molecule has 1 aromatic carbocycles. The lowest BCUT2D eigenvalue weighted by Gasteiger charge is -2.22. The van der Waals surface area contributed by atoms with Crippen LogP contribution in [0.3, 0.4) is 0 Å². The van der Waals surface area contributed by atoms with Crippen molar-refractivity contribution in [1.82, 2.24) is 4.90 Å². The number of nitrogens with zero attached hydrogens (tertiary/aromatic N) is 2. The minimum Gasteiger partial charge on any atom is -0.496 e. The molecule has 3 rings (SSSR count). The highest BCUT2D eigenvalue weighted by atomic mass is 32.2. The number of anilines is 1. The van der Waals surface area contributed by atoms with Crippen LogP contribution in [0.25, 0.3) is 6.08 Å². The van der Waals surface area contributed by atoms with E-state index in [9.17, 15) is 9.59 Å². The van der Waals surface area contributed by atoms with E-state index in [1.165, 1.54) is 4.90 Å². The van der Waals surface area contributed by atoms with Crippen LogP contribution in [0.2, 0.25) is 0 Å². The van der Waals surface area contributed by atoms with Gasteiger partial charge in [0, 0.05) is 30.8 Å². The van der Waals surface area contributed by atoms with E-state index in [2.05, 4.69) is 4.90 Å². The zero-order valence-electron chi connectivity index (χ0n) is 16.3. The Bertz CT molecular complexity index is 771. The summed E-state index contributed by atoms with van der Waals surface area (Å²) >= 11 is 0.974. The molecule has 0 spiro atoms. The fraction of sp³-hybridized carbons (Fsp3) is 0.500. The van der Waals surface area contributed by atoms with Gasteiger partial charge in [-0.25, -0.2) is 0 Å². The van der Waals surface area contributed by atoms with E-state index < -0.39 is 0 Å². The van der Waals surface area contributed by atoms with Crippen molar-refractivity contribution in [3.8, 4) is 11.5 Å². The molecule has 0 aliphatic carbocycles. The monoisotopic (exact) mass is 390 g/mol. The highest BCUT2D eigenvalue weighted by Gasteiger charge is 2.37. The summed E-state index contributed by atoms with van der Waals surface area (Å²) in [6, 6.07) is 3.72. The number of carbonyl (C=O) groups excluding carboxylic acids is 2. The first kappa shape index (κ1) is 19.6. The molecule has 1 aromatic rings. The van der Waals surface area contributed by atoms with E-state index in [0.717, 1.165) is 61.1 Å². The summed E-state index contributed by atoms with van der Waals surface area (Å²) in [5.74, 6) is 1.15. The second-order valence-electron chi connectivity index (χ2n) is 6.77. The lowest BCUT2D eigenvalue weighted by Crippen LogP contribution is -2.36. The van der Waals surface area contributed by atoms with Crippen LogP contribution in [0.5, 0.6) is 11.5 Å². The molecule has 0 saturated carbocycles. The molecule has 27 heavy (non-hydrogen) atoms. The maximum absolute atomic E-state index is 12.7. The highest BCUT2D eigenvalue weighted by molar-refractivity contribution is 8.18. The molecule has 0 radical (unpaired) electrons. The second-order valence-corrected chi connectivity index (χ2v) is 7.76. The van der Waals surface area contributed by atoms with E-state index in [-0.39, 0.29) is 17.2 Å². The van der Waals surface area contributed by atoms with Gasteiger partial charge >= 0.3 is 0 Å². The number of imide groups is 1. The minimum absolute atomic E-state index is 0.114. The molecule has 146 valence electrons. The Morgan fingerprint density at radius 2 is 1.81 bits per heavy atom. The molecular weight excluding hydrogens is 364 g/mol. The van der Waals surface area contributed by atoms with Gasteiger partial charge in [-0.1, -0.05) is 6.92 Å². The van der Waals surface area contributed by atoms with Gasteiger partial charge in [0.1, 0.15) is 11.5 Å². The van der Waals surface area contributed by atoms with Crippen molar-refractivity contribution in [2.75, 3.05) is 32.2 Å². The van der Waals surface area contributed by atoms with Crippen LogP contribution in [0, 0.1) is 0 Å². The smallest absolute Gasteiger partial charge is 0.293 e.